The van der Waals surface area contributed by atoms with Gasteiger partial charge in [-0.3, -0.25) is 9.97 Å². The Morgan fingerprint density at radius 1 is 0.537 bits per heavy atom. The van der Waals surface area contributed by atoms with Crippen molar-refractivity contribution in [3.8, 4) is 34.0 Å². The van der Waals surface area contributed by atoms with E-state index in [1.165, 1.54) is 16.5 Å². The largest absolute Gasteiger partial charge is 0.457 e. The molecule has 3 heteroatoms. The number of fused-ring (bicyclic) bond motifs is 2. The molecule has 2 heterocycles. The van der Waals surface area contributed by atoms with Crippen LogP contribution < -0.4 is 4.74 Å². The van der Waals surface area contributed by atoms with Gasteiger partial charge < -0.3 is 4.74 Å². The molecule has 6 aromatic rings. The van der Waals surface area contributed by atoms with E-state index in [0.717, 1.165) is 50.2 Å². The summed E-state index contributed by atoms with van der Waals surface area (Å²) in [5, 5.41) is 4.58. The second kappa shape index (κ2) is 10.2. The van der Waals surface area contributed by atoms with Crippen LogP contribution in [0.25, 0.3) is 44.1 Å². The third-order valence-electron chi connectivity index (χ3n) is 7.67. The van der Waals surface area contributed by atoms with Crippen molar-refractivity contribution < 1.29 is 4.74 Å². The average Bonchev–Trinajstić information content (AvgIpc) is 2.95. The minimum absolute atomic E-state index is 0.0300. The first-order chi connectivity index (χ1) is 19.5. The molecule has 3 nitrogen and oxygen atoms in total. The Morgan fingerprint density at radius 2 is 1.22 bits per heavy atom. The van der Waals surface area contributed by atoms with Crippen molar-refractivity contribution in [1.82, 2.24) is 9.97 Å². The number of rotatable bonds is 4. The standard InChI is InChI=1S/C38H36N2O/c1-37(2,3)29-15-16-39-36(22-29)34-23-32(18-26-12-9-10-14-33(26)34)41-31-19-28(17-30(21-31)38(4,5)6)35-20-25-11-7-8-13-27(25)24-40-35/h7-24H,1-6H3. The second-order valence-electron chi connectivity index (χ2n) is 12.9. The molecule has 0 bridgehead atoms. The third kappa shape index (κ3) is 5.58. The van der Waals surface area contributed by atoms with Crippen LogP contribution in [0.3, 0.4) is 0 Å². The highest BCUT2D eigenvalue weighted by Gasteiger charge is 2.19. The van der Waals surface area contributed by atoms with Crippen molar-refractivity contribution in [2.75, 3.05) is 0 Å². The first kappa shape index (κ1) is 26.7. The molecular weight excluding hydrogens is 500 g/mol. The molecule has 0 N–H and O–H groups in total. The maximum Gasteiger partial charge on any atom is 0.128 e. The molecule has 0 aliphatic rings. The van der Waals surface area contributed by atoms with Crippen molar-refractivity contribution in [1.29, 1.82) is 0 Å². The summed E-state index contributed by atoms with van der Waals surface area (Å²) in [6.45, 7) is 13.4. The van der Waals surface area contributed by atoms with Gasteiger partial charge in [0.15, 0.2) is 0 Å². The van der Waals surface area contributed by atoms with E-state index in [1.807, 2.05) is 18.5 Å². The summed E-state index contributed by atoms with van der Waals surface area (Å²) in [6.07, 6.45) is 3.86. The third-order valence-corrected chi connectivity index (χ3v) is 7.67. The predicted molar refractivity (Wildman–Crippen MR) is 172 cm³/mol. The fourth-order valence-corrected chi connectivity index (χ4v) is 5.21. The summed E-state index contributed by atoms with van der Waals surface area (Å²) in [4.78, 5) is 9.59. The van der Waals surface area contributed by atoms with E-state index in [1.54, 1.807) is 0 Å². The molecule has 204 valence electrons. The van der Waals surface area contributed by atoms with Gasteiger partial charge in [-0.15, -0.1) is 0 Å². The van der Waals surface area contributed by atoms with Gasteiger partial charge in [0.1, 0.15) is 11.5 Å². The summed E-state index contributed by atoms with van der Waals surface area (Å²) in [7, 11) is 0. The molecule has 0 saturated heterocycles. The van der Waals surface area contributed by atoms with Gasteiger partial charge in [-0.25, -0.2) is 0 Å². The first-order valence-corrected chi connectivity index (χ1v) is 14.2. The number of pyridine rings is 2. The SMILES string of the molecule is CC(C)(C)c1cc(Oc2cc(-c3cc(C(C)(C)C)ccn3)c3ccccc3c2)cc(-c2cc3ccccc3cn2)c1. The molecule has 0 fully saturated rings. The molecule has 6 rings (SSSR count). The Hall–Kier alpha value is -4.50. The van der Waals surface area contributed by atoms with Crippen LogP contribution in [0.15, 0.2) is 109 Å². The van der Waals surface area contributed by atoms with E-state index < -0.39 is 0 Å². The number of ether oxygens (including phenoxy) is 1. The lowest BCUT2D eigenvalue weighted by Crippen LogP contribution is -2.11. The molecule has 0 unspecified atom stereocenters. The number of benzene rings is 4. The van der Waals surface area contributed by atoms with Crippen molar-refractivity contribution in [3.63, 3.8) is 0 Å². The van der Waals surface area contributed by atoms with E-state index in [-0.39, 0.29) is 10.8 Å². The van der Waals surface area contributed by atoms with E-state index in [4.69, 9.17) is 14.7 Å². The van der Waals surface area contributed by atoms with Gasteiger partial charge in [-0.2, -0.15) is 0 Å². The molecule has 4 aromatic carbocycles. The van der Waals surface area contributed by atoms with Gasteiger partial charge in [0, 0.05) is 28.9 Å². The average molecular weight is 537 g/mol. The minimum Gasteiger partial charge on any atom is -0.457 e. The van der Waals surface area contributed by atoms with Gasteiger partial charge in [0.2, 0.25) is 0 Å². The van der Waals surface area contributed by atoms with Crippen LogP contribution >= 0.6 is 0 Å². The lowest BCUT2D eigenvalue weighted by atomic mass is 9.85. The number of nitrogens with zero attached hydrogens (tertiary/aromatic N) is 2. The number of hydrogen-bond donors (Lipinski definition) is 0. The zero-order valence-electron chi connectivity index (χ0n) is 24.7. The molecule has 0 aliphatic carbocycles. The van der Waals surface area contributed by atoms with E-state index in [2.05, 4.69) is 133 Å². The normalized spacial score (nSPS) is 12.1. The van der Waals surface area contributed by atoms with Crippen LogP contribution in [0.4, 0.5) is 0 Å². The van der Waals surface area contributed by atoms with Gasteiger partial charge in [0.25, 0.3) is 0 Å². The molecule has 41 heavy (non-hydrogen) atoms. The highest BCUT2D eigenvalue weighted by molar-refractivity contribution is 5.97. The highest BCUT2D eigenvalue weighted by Crippen LogP contribution is 2.38. The maximum atomic E-state index is 6.68. The van der Waals surface area contributed by atoms with E-state index in [0.29, 0.717) is 0 Å². The van der Waals surface area contributed by atoms with Crippen LogP contribution in [0, 0.1) is 0 Å². The Labute approximate surface area is 242 Å². The van der Waals surface area contributed by atoms with E-state index in [9.17, 15) is 0 Å². The highest BCUT2D eigenvalue weighted by atomic mass is 16.5. The van der Waals surface area contributed by atoms with Crippen molar-refractivity contribution >= 4 is 21.5 Å². The van der Waals surface area contributed by atoms with Gasteiger partial charge >= 0.3 is 0 Å². The molecule has 0 saturated carbocycles. The van der Waals surface area contributed by atoms with Crippen LogP contribution in [0.5, 0.6) is 11.5 Å². The summed E-state index contributed by atoms with van der Waals surface area (Å²) in [6, 6.07) is 33.9. The van der Waals surface area contributed by atoms with Crippen LogP contribution in [-0.2, 0) is 10.8 Å². The predicted octanol–water partition coefficient (Wildman–Crippen LogP) is 10.5. The number of aromatic nitrogens is 2. The zero-order chi connectivity index (χ0) is 28.8. The molecule has 0 radical (unpaired) electrons. The fraction of sp³-hybridized carbons (Fsp3) is 0.211. The second-order valence-corrected chi connectivity index (χ2v) is 12.9. The molecule has 0 atom stereocenters. The summed E-state index contributed by atoms with van der Waals surface area (Å²) < 4.78 is 6.68. The van der Waals surface area contributed by atoms with Crippen LogP contribution in [0.1, 0.15) is 52.7 Å². The van der Waals surface area contributed by atoms with E-state index >= 15 is 0 Å². The molecule has 0 amide bonds. The molecule has 2 aromatic heterocycles. The van der Waals surface area contributed by atoms with Gasteiger partial charge in [-0.1, -0.05) is 90.1 Å². The smallest absolute Gasteiger partial charge is 0.128 e. The van der Waals surface area contributed by atoms with Crippen molar-refractivity contribution in [2.24, 2.45) is 0 Å². The van der Waals surface area contributed by atoms with Gasteiger partial charge in [0.05, 0.1) is 11.4 Å². The monoisotopic (exact) mass is 536 g/mol. The molecular formula is C38H36N2O. The Morgan fingerprint density at radius 3 is 1.98 bits per heavy atom. The van der Waals surface area contributed by atoms with Crippen LogP contribution in [-0.4, -0.2) is 9.97 Å². The molecule has 0 spiro atoms. The Kier molecular flexibility index (Phi) is 6.62. The fourth-order valence-electron chi connectivity index (χ4n) is 5.21. The quantitative estimate of drug-likeness (QED) is 0.225. The summed E-state index contributed by atoms with van der Waals surface area (Å²) in [5.74, 6) is 1.57. The Balaban J connectivity index is 1.47. The van der Waals surface area contributed by atoms with Gasteiger partial charge in [-0.05, 0) is 86.6 Å². The topological polar surface area (TPSA) is 35.0 Å². The zero-order valence-corrected chi connectivity index (χ0v) is 24.7. The maximum absolute atomic E-state index is 6.68. The van der Waals surface area contributed by atoms with Crippen molar-refractivity contribution in [3.05, 3.63) is 121 Å². The first-order valence-electron chi connectivity index (χ1n) is 14.2. The minimum atomic E-state index is -0.0587. The molecule has 0 aliphatic heterocycles. The van der Waals surface area contributed by atoms with Crippen LogP contribution in [0.2, 0.25) is 0 Å². The Bertz CT molecular complexity index is 1890. The van der Waals surface area contributed by atoms with Crippen molar-refractivity contribution in [2.45, 2.75) is 52.4 Å². The lowest BCUT2D eigenvalue weighted by Gasteiger charge is -2.22. The summed E-state index contributed by atoms with van der Waals surface area (Å²) >= 11 is 0. The number of hydrogen-bond acceptors (Lipinski definition) is 3. The lowest BCUT2D eigenvalue weighted by molar-refractivity contribution is 0.479. The summed E-state index contributed by atoms with van der Waals surface area (Å²) in [5.41, 5.74) is 6.40.